The lowest BCUT2D eigenvalue weighted by Crippen LogP contribution is -2.62. The quantitative estimate of drug-likeness (QED) is 0.823. The summed E-state index contributed by atoms with van der Waals surface area (Å²) in [5.74, 6) is 0.332. The molecule has 0 aliphatic carbocycles. The maximum Gasteiger partial charge on any atom is 0.223 e. The molecule has 4 rings (SSSR count). The summed E-state index contributed by atoms with van der Waals surface area (Å²) in [6.07, 6.45) is 0.649. The Morgan fingerprint density at radius 3 is 2.50 bits per heavy atom. The lowest BCUT2D eigenvalue weighted by atomic mass is 10.1. The average Bonchev–Trinajstić information content (AvgIpc) is 3.02. The smallest absolute Gasteiger partial charge is 0.223 e. The van der Waals surface area contributed by atoms with E-state index in [0.29, 0.717) is 18.4 Å². The maximum atomic E-state index is 12.7. The van der Waals surface area contributed by atoms with Gasteiger partial charge in [0.15, 0.2) is 0 Å². The Kier molecular flexibility index (Phi) is 4.57. The fourth-order valence-corrected chi connectivity index (χ4v) is 4.31. The summed E-state index contributed by atoms with van der Waals surface area (Å²) in [6.45, 7) is 9.09. The molecular formula is C19H28N4O. The first-order chi connectivity index (χ1) is 11.7. The van der Waals surface area contributed by atoms with Crippen molar-refractivity contribution in [2.24, 2.45) is 0 Å². The maximum absolute atomic E-state index is 12.7. The van der Waals surface area contributed by atoms with Crippen LogP contribution in [-0.4, -0.2) is 84.4 Å². The zero-order valence-corrected chi connectivity index (χ0v) is 14.7. The van der Waals surface area contributed by atoms with E-state index in [1.807, 2.05) is 0 Å². The largest absolute Gasteiger partial charge is 0.340 e. The monoisotopic (exact) mass is 328 g/mol. The highest BCUT2D eigenvalue weighted by Crippen LogP contribution is 2.22. The van der Waals surface area contributed by atoms with Crippen LogP contribution in [0.15, 0.2) is 24.3 Å². The van der Waals surface area contributed by atoms with Crippen molar-refractivity contribution in [3.8, 4) is 0 Å². The van der Waals surface area contributed by atoms with E-state index in [0.717, 1.165) is 58.9 Å². The Hall–Kier alpha value is -1.43. The topological polar surface area (TPSA) is 30.0 Å². The van der Waals surface area contributed by atoms with Crippen LogP contribution in [0.4, 0.5) is 0 Å². The van der Waals surface area contributed by atoms with Gasteiger partial charge in [-0.15, -0.1) is 0 Å². The van der Waals surface area contributed by atoms with E-state index in [9.17, 15) is 4.79 Å². The zero-order valence-electron chi connectivity index (χ0n) is 14.7. The molecule has 1 aromatic carbocycles. The SMILES string of the molecule is CN1CCN2CCN(C(=O)CCN3Cc4ccccc4C3)C[C@H]2C1. The average molecular weight is 328 g/mol. The third-order valence-electron chi connectivity index (χ3n) is 5.80. The molecule has 0 spiro atoms. The van der Waals surface area contributed by atoms with Gasteiger partial charge in [-0.1, -0.05) is 24.3 Å². The van der Waals surface area contributed by atoms with Crippen molar-refractivity contribution in [2.75, 3.05) is 52.9 Å². The first kappa shape index (κ1) is 16.1. The summed E-state index contributed by atoms with van der Waals surface area (Å²) in [4.78, 5) is 22.1. The number of hydrogen-bond donors (Lipinski definition) is 0. The highest BCUT2D eigenvalue weighted by Gasteiger charge is 2.32. The number of fused-ring (bicyclic) bond motifs is 2. The second-order valence-corrected chi connectivity index (χ2v) is 7.52. The van der Waals surface area contributed by atoms with Crippen molar-refractivity contribution in [3.05, 3.63) is 35.4 Å². The van der Waals surface area contributed by atoms with Gasteiger partial charge in [0.25, 0.3) is 0 Å². The number of benzene rings is 1. The lowest BCUT2D eigenvalue weighted by Gasteiger charge is -2.46. The van der Waals surface area contributed by atoms with Crippen LogP contribution in [0.1, 0.15) is 17.5 Å². The molecular weight excluding hydrogens is 300 g/mol. The molecule has 1 aromatic rings. The van der Waals surface area contributed by atoms with E-state index >= 15 is 0 Å². The third-order valence-corrected chi connectivity index (χ3v) is 5.80. The summed E-state index contributed by atoms with van der Waals surface area (Å²) in [6, 6.07) is 9.14. The predicted octanol–water partition coefficient (Wildman–Crippen LogP) is 0.851. The summed E-state index contributed by atoms with van der Waals surface area (Å²) < 4.78 is 0. The minimum atomic E-state index is 0.332. The van der Waals surface area contributed by atoms with Crippen molar-refractivity contribution in [1.29, 1.82) is 0 Å². The fourth-order valence-electron chi connectivity index (χ4n) is 4.31. The first-order valence-electron chi connectivity index (χ1n) is 9.18. The minimum Gasteiger partial charge on any atom is -0.340 e. The normalized spacial score (nSPS) is 25.5. The Morgan fingerprint density at radius 1 is 1.04 bits per heavy atom. The van der Waals surface area contributed by atoms with Gasteiger partial charge in [-0.3, -0.25) is 14.6 Å². The molecule has 0 unspecified atom stereocenters. The molecule has 0 N–H and O–H groups in total. The zero-order chi connectivity index (χ0) is 16.5. The number of hydrogen-bond acceptors (Lipinski definition) is 4. The molecule has 3 aliphatic rings. The number of amides is 1. The van der Waals surface area contributed by atoms with Gasteiger partial charge in [0.05, 0.1) is 0 Å². The van der Waals surface area contributed by atoms with Gasteiger partial charge in [-0.05, 0) is 18.2 Å². The molecule has 3 heterocycles. The Bertz CT molecular complexity index is 580. The van der Waals surface area contributed by atoms with Crippen molar-refractivity contribution in [1.82, 2.24) is 19.6 Å². The summed E-state index contributed by atoms with van der Waals surface area (Å²) in [7, 11) is 2.18. The number of likely N-dealkylation sites (N-methyl/N-ethyl adjacent to an activating group) is 1. The Labute approximate surface area is 144 Å². The van der Waals surface area contributed by atoms with Crippen molar-refractivity contribution < 1.29 is 4.79 Å². The summed E-state index contributed by atoms with van der Waals surface area (Å²) in [5, 5.41) is 0. The lowest BCUT2D eigenvalue weighted by molar-refractivity contribution is -0.135. The molecule has 2 fully saturated rings. The number of piperazine rings is 2. The highest BCUT2D eigenvalue weighted by molar-refractivity contribution is 5.76. The van der Waals surface area contributed by atoms with Crippen LogP contribution in [-0.2, 0) is 17.9 Å². The molecule has 0 bridgehead atoms. The number of rotatable bonds is 3. The molecule has 130 valence electrons. The molecule has 0 aromatic heterocycles. The fraction of sp³-hybridized carbons (Fsp3) is 0.632. The van der Waals surface area contributed by atoms with Gasteiger partial charge in [0, 0.05) is 71.4 Å². The molecule has 24 heavy (non-hydrogen) atoms. The van der Waals surface area contributed by atoms with Gasteiger partial charge >= 0.3 is 0 Å². The second-order valence-electron chi connectivity index (χ2n) is 7.52. The predicted molar refractivity (Wildman–Crippen MR) is 94.6 cm³/mol. The molecule has 0 saturated carbocycles. The van der Waals surface area contributed by atoms with Crippen LogP contribution in [0.3, 0.4) is 0 Å². The molecule has 1 atom stereocenters. The van der Waals surface area contributed by atoms with Gasteiger partial charge in [-0.25, -0.2) is 0 Å². The van der Waals surface area contributed by atoms with Crippen molar-refractivity contribution in [2.45, 2.75) is 25.6 Å². The van der Waals surface area contributed by atoms with Crippen LogP contribution >= 0.6 is 0 Å². The Balaban J connectivity index is 1.27. The van der Waals surface area contributed by atoms with E-state index in [2.05, 4.69) is 50.9 Å². The first-order valence-corrected chi connectivity index (χ1v) is 9.18. The van der Waals surface area contributed by atoms with Gasteiger partial charge in [-0.2, -0.15) is 0 Å². The van der Waals surface area contributed by atoms with Crippen molar-refractivity contribution >= 4 is 5.91 Å². The van der Waals surface area contributed by atoms with Crippen LogP contribution < -0.4 is 0 Å². The molecule has 2 saturated heterocycles. The number of nitrogens with zero attached hydrogens (tertiary/aromatic N) is 4. The van der Waals surface area contributed by atoms with Crippen LogP contribution in [0, 0.1) is 0 Å². The summed E-state index contributed by atoms with van der Waals surface area (Å²) >= 11 is 0. The highest BCUT2D eigenvalue weighted by atomic mass is 16.2. The standard InChI is InChI=1S/C19H28N4O/c1-20-8-9-22-10-11-23(15-18(22)14-20)19(24)6-7-21-12-16-4-2-3-5-17(16)13-21/h2-5,18H,6-15H2,1H3/t18-/m1/s1. The van der Waals surface area contributed by atoms with Crippen LogP contribution in [0.25, 0.3) is 0 Å². The Morgan fingerprint density at radius 2 is 1.75 bits per heavy atom. The second kappa shape index (κ2) is 6.82. The van der Waals surface area contributed by atoms with Crippen LogP contribution in [0.2, 0.25) is 0 Å². The van der Waals surface area contributed by atoms with Gasteiger partial charge in [0.2, 0.25) is 5.91 Å². The molecule has 5 nitrogen and oxygen atoms in total. The van der Waals surface area contributed by atoms with E-state index in [1.165, 1.54) is 11.1 Å². The number of carbonyl (C=O) groups excluding carboxylic acids is 1. The molecule has 0 radical (unpaired) electrons. The van der Waals surface area contributed by atoms with Gasteiger partial charge < -0.3 is 9.80 Å². The van der Waals surface area contributed by atoms with Gasteiger partial charge in [0.1, 0.15) is 0 Å². The third kappa shape index (κ3) is 3.34. The summed E-state index contributed by atoms with van der Waals surface area (Å²) in [5.41, 5.74) is 2.84. The van der Waals surface area contributed by atoms with E-state index in [1.54, 1.807) is 0 Å². The molecule has 5 heteroatoms. The number of carbonyl (C=O) groups is 1. The van der Waals surface area contributed by atoms with E-state index < -0.39 is 0 Å². The molecule has 1 amide bonds. The minimum absolute atomic E-state index is 0.332. The van der Waals surface area contributed by atoms with Crippen LogP contribution in [0.5, 0.6) is 0 Å². The van der Waals surface area contributed by atoms with E-state index in [4.69, 9.17) is 0 Å². The van der Waals surface area contributed by atoms with Crippen molar-refractivity contribution in [3.63, 3.8) is 0 Å². The molecule has 3 aliphatic heterocycles. The van der Waals surface area contributed by atoms with E-state index in [-0.39, 0.29) is 0 Å².